The van der Waals surface area contributed by atoms with E-state index in [9.17, 15) is 14.4 Å². The lowest BCUT2D eigenvalue weighted by Crippen LogP contribution is -2.34. The summed E-state index contributed by atoms with van der Waals surface area (Å²) in [5, 5.41) is 8.93. The van der Waals surface area contributed by atoms with Crippen molar-refractivity contribution in [3.05, 3.63) is 12.3 Å². The minimum Gasteiger partial charge on any atom is -0.480 e. The molecule has 1 fully saturated rings. The van der Waals surface area contributed by atoms with Gasteiger partial charge in [-0.2, -0.15) is 0 Å². The number of likely N-dealkylation sites (tertiary alicyclic amines) is 1. The molecule has 1 N–H and O–H groups in total. The summed E-state index contributed by atoms with van der Waals surface area (Å²) < 4.78 is 0. The second-order valence-electron chi connectivity index (χ2n) is 4.43. The van der Waals surface area contributed by atoms with E-state index in [-0.39, 0.29) is 18.1 Å². The Labute approximate surface area is 106 Å². The number of rotatable bonds is 7. The van der Waals surface area contributed by atoms with Gasteiger partial charge >= 0.3 is 5.97 Å². The second-order valence-corrected chi connectivity index (χ2v) is 4.43. The maximum Gasteiger partial charge on any atom is 0.326 e. The quantitative estimate of drug-likeness (QED) is 0.554. The van der Waals surface area contributed by atoms with Gasteiger partial charge in [-0.25, -0.2) is 4.79 Å². The van der Waals surface area contributed by atoms with Crippen LogP contribution < -0.4 is 0 Å². The number of allylic oxidation sites excluding steroid dienone is 1. The molecule has 5 nitrogen and oxygen atoms in total. The van der Waals surface area contributed by atoms with Crippen LogP contribution in [0.15, 0.2) is 12.3 Å². The number of aliphatic carboxylic acids is 1. The molecule has 1 rings (SSSR count). The Hall–Kier alpha value is -1.65. The number of carbonyl (C=O) groups excluding carboxylic acids is 2. The molecule has 0 spiro atoms. The molecular weight excluding hydrogens is 234 g/mol. The van der Waals surface area contributed by atoms with Crippen molar-refractivity contribution in [3.63, 3.8) is 0 Å². The third kappa shape index (κ3) is 3.98. The second kappa shape index (κ2) is 6.93. The van der Waals surface area contributed by atoms with E-state index in [0.29, 0.717) is 12.8 Å². The Kier molecular flexibility index (Phi) is 5.55. The van der Waals surface area contributed by atoms with Crippen molar-refractivity contribution in [2.75, 3.05) is 0 Å². The van der Waals surface area contributed by atoms with Gasteiger partial charge in [0, 0.05) is 19.0 Å². The molecule has 1 atom stereocenters. The van der Waals surface area contributed by atoms with Crippen LogP contribution in [-0.2, 0) is 14.4 Å². The van der Waals surface area contributed by atoms with Crippen LogP contribution in [0.1, 0.15) is 45.4 Å². The van der Waals surface area contributed by atoms with Crippen molar-refractivity contribution in [1.82, 2.24) is 4.90 Å². The van der Waals surface area contributed by atoms with Gasteiger partial charge in [0.25, 0.3) is 0 Å². The van der Waals surface area contributed by atoms with E-state index in [4.69, 9.17) is 5.11 Å². The van der Waals surface area contributed by atoms with Crippen molar-refractivity contribution in [3.8, 4) is 0 Å². The van der Waals surface area contributed by atoms with E-state index < -0.39 is 12.0 Å². The first-order valence-corrected chi connectivity index (χ1v) is 6.31. The lowest BCUT2D eigenvalue weighted by atomic mass is 10.1. The standard InChI is InChI=1S/C13H19NO4/c1-2-3-4-5-10(15)8-9-14-11(13(17)18)6-7-12(14)16/h8-9,11H,2-7H2,1H3,(H,17,18)/b9-8+/t11-/m0/s1. The summed E-state index contributed by atoms with van der Waals surface area (Å²) in [5.41, 5.74) is 0. The molecule has 0 saturated carbocycles. The highest BCUT2D eigenvalue weighted by Gasteiger charge is 2.34. The molecule has 0 aromatic carbocycles. The first-order valence-electron chi connectivity index (χ1n) is 6.31. The number of carboxylic acid groups (broad SMARTS) is 1. The molecule has 1 heterocycles. The van der Waals surface area contributed by atoms with E-state index in [1.54, 1.807) is 0 Å². The molecule has 0 aromatic rings. The fourth-order valence-electron chi connectivity index (χ4n) is 1.93. The highest BCUT2D eigenvalue weighted by molar-refractivity contribution is 5.92. The zero-order chi connectivity index (χ0) is 13.5. The molecule has 5 heteroatoms. The van der Waals surface area contributed by atoms with Crippen LogP contribution in [0, 0.1) is 0 Å². The highest BCUT2D eigenvalue weighted by atomic mass is 16.4. The monoisotopic (exact) mass is 253 g/mol. The number of hydrogen-bond donors (Lipinski definition) is 1. The van der Waals surface area contributed by atoms with Crippen molar-refractivity contribution >= 4 is 17.7 Å². The van der Waals surface area contributed by atoms with Gasteiger partial charge < -0.3 is 10.0 Å². The minimum atomic E-state index is -1.02. The SMILES string of the molecule is CCCCCC(=O)/C=C/N1C(=O)CC[C@H]1C(=O)O. The number of hydrogen-bond acceptors (Lipinski definition) is 3. The zero-order valence-corrected chi connectivity index (χ0v) is 10.6. The normalized spacial score (nSPS) is 19.7. The van der Waals surface area contributed by atoms with Crippen molar-refractivity contribution in [1.29, 1.82) is 0 Å². The van der Waals surface area contributed by atoms with Crippen LogP contribution in [-0.4, -0.2) is 33.7 Å². The van der Waals surface area contributed by atoms with Crippen molar-refractivity contribution in [2.45, 2.75) is 51.5 Å². The third-order valence-corrected chi connectivity index (χ3v) is 2.99. The summed E-state index contributed by atoms with van der Waals surface area (Å²) in [6, 6.07) is -0.822. The zero-order valence-electron chi connectivity index (χ0n) is 10.6. The van der Waals surface area contributed by atoms with Gasteiger partial charge in [-0.05, 0) is 18.9 Å². The summed E-state index contributed by atoms with van der Waals surface area (Å²) >= 11 is 0. The summed E-state index contributed by atoms with van der Waals surface area (Å²) in [4.78, 5) is 35.0. The van der Waals surface area contributed by atoms with Gasteiger partial charge in [0.05, 0.1) is 0 Å². The number of unbranched alkanes of at least 4 members (excludes halogenated alkanes) is 2. The predicted molar refractivity (Wildman–Crippen MR) is 65.8 cm³/mol. The maximum atomic E-state index is 11.5. The molecule has 18 heavy (non-hydrogen) atoms. The van der Waals surface area contributed by atoms with Gasteiger partial charge in [0.2, 0.25) is 5.91 Å². The Balaban J connectivity index is 2.51. The van der Waals surface area contributed by atoms with Gasteiger partial charge in [0.15, 0.2) is 5.78 Å². The summed E-state index contributed by atoms with van der Waals surface area (Å²) in [5.74, 6) is -1.32. The minimum absolute atomic E-state index is 0.0627. The highest BCUT2D eigenvalue weighted by Crippen LogP contribution is 2.19. The topological polar surface area (TPSA) is 74.7 Å². The molecule has 0 unspecified atom stereocenters. The molecule has 0 aliphatic carbocycles. The maximum absolute atomic E-state index is 11.5. The first kappa shape index (κ1) is 14.4. The smallest absolute Gasteiger partial charge is 0.326 e. The number of amides is 1. The molecule has 1 aliphatic heterocycles. The van der Waals surface area contributed by atoms with Gasteiger partial charge in [-0.15, -0.1) is 0 Å². The van der Waals surface area contributed by atoms with Crippen LogP contribution in [0.3, 0.4) is 0 Å². The summed E-state index contributed by atoms with van der Waals surface area (Å²) in [6.45, 7) is 2.06. The Morgan fingerprint density at radius 3 is 2.78 bits per heavy atom. The van der Waals surface area contributed by atoms with Gasteiger partial charge in [-0.1, -0.05) is 19.8 Å². The molecule has 0 bridgehead atoms. The van der Waals surface area contributed by atoms with Crippen molar-refractivity contribution in [2.24, 2.45) is 0 Å². The van der Waals surface area contributed by atoms with E-state index in [0.717, 1.165) is 24.2 Å². The van der Waals surface area contributed by atoms with Crippen LogP contribution in [0.2, 0.25) is 0 Å². The van der Waals surface area contributed by atoms with E-state index in [1.807, 2.05) is 0 Å². The lowest BCUT2D eigenvalue weighted by molar-refractivity contribution is -0.144. The number of ketones is 1. The average molecular weight is 253 g/mol. The molecule has 0 radical (unpaired) electrons. The molecule has 1 saturated heterocycles. The fraction of sp³-hybridized carbons (Fsp3) is 0.615. The number of carboxylic acids is 1. The van der Waals surface area contributed by atoms with Crippen molar-refractivity contribution < 1.29 is 19.5 Å². The first-order chi connectivity index (χ1) is 8.56. The van der Waals surface area contributed by atoms with Gasteiger partial charge in [-0.3, -0.25) is 9.59 Å². The Bertz CT molecular complexity index is 362. The van der Waals surface area contributed by atoms with Gasteiger partial charge in [0.1, 0.15) is 6.04 Å². The Morgan fingerprint density at radius 1 is 1.44 bits per heavy atom. The van der Waals surface area contributed by atoms with E-state index >= 15 is 0 Å². The lowest BCUT2D eigenvalue weighted by Gasteiger charge is -2.16. The van der Waals surface area contributed by atoms with Crippen LogP contribution in [0.5, 0.6) is 0 Å². The predicted octanol–water partition coefficient (Wildman–Crippen LogP) is 1.73. The molecule has 0 aromatic heterocycles. The third-order valence-electron chi connectivity index (χ3n) is 2.99. The van der Waals surface area contributed by atoms with Crippen LogP contribution >= 0.6 is 0 Å². The summed E-state index contributed by atoms with van der Waals surface area (Å²) in [7, 11) is 0. The number of nitrogens with zero attached hydrogens (tertiary/aromatic N) is 1. The fourth-order valence-corrected chi connectivity index (χ4v) is 1.93. The molecule has 1 amide bonds. The molecule has 100 valence electrons. The molecular formula is C13H19NO4. The number of carbonyl (C=O) groups is 3. The Morgan fingerprint density at radius 2 is 2.17 bits per heavy atom. The average Bonchev–Trinajstić information content (AvgIpc) is 2.68. The van der Waals surface area contributed by atoms with Crippen LogP contribution in [0.4, 0.5) is 0 Å². The summed E-state index contributed by atoms with van der Waals surface area (Å²) in [6.07, 6.45) is 6.49. The largest absolute Gasteiger partial charge is 0.480 e. The van der Waals surface area contributed by atoms with E-state index in [1.165, 1.54) is 12.3 Å². The molecule has 1 aliphatic rings. The van der Waals surface area contributed by atoms with E-state index in [2.05, 4.69) is 6.92 Å². The van der Waals surface area contributed by atoms with Crippen LogP contribution in [0.25, 0.3) is 0 Å².